The lowest BCUT2D eigenvalue weighted by atomic mass is 9.69. The van der Waals surface area contributed by atoms with E-state index in [1.807, 2.05) is 31.9 Å². The monoisotopic (exact) mass is 541 g/mol. The molecule has 3 saturated heterocycles. The number of carbonyl (C=O) groups is 1. The molecular weight excluding hydrogens is 502 g/mol. The smallest absolute Gasteiger partial charge is 0.410 e. The second kappa shape index (κ2) is 9.64. The lowest BCUT2D eigenvalue weighted by molar-refractivity contribution is 0.0237. The molecule has 0 radical (unpaired) electrons. The van der Waals surface area contributed by atoms with Crippen LogP contribution in [-0.4, -0.2) is 82.5 Å². The summed E-state index contributed by atoms with van der Waals surface area (Å²) >= 11 is 0. The van der Waals surface area contributed by atoms with E-state index in [0.29, 0.717) is 31.6 Å². The largest absolute Gasteiger partial charge is 0.450 e. The van der Waals surface area contributed by atoms with Crippen molar-refractivity contribution in [3.63, 3.8) is 0 Å². The van der Waals surface area contributed by atoms with E-state index in [9.17, 15) is 13.2 Å². The Morgan fingerprint density at radius 3 is 2.42 bits per heavy atom. The van der Waals surface area contributed by atoms with E-state index in [2.05, 4.69) is 28.1 Å². The van der Waals surface area contributed by atoms with Gasteiger partial charge in [-0.15, -0.1) is 0 Å². The maximum absolute atomic E-state index is 13.7. The molecule has 38 heavy (non-hydrogen) atoms. The summed E-state index contributed by atoms with van der Waals surface area (Å²) in [5, 5.41) is 0.133. The zero-order chi connectivity index (χ0) is 26.7. The zero-order valence-corrected chi connectivity index (χ0v) is 23.5. The quantitative estimate of drug-likeness (QED) is 0.590. The Morgan fingerprint density at radius 1 is 1.11 bits per heavy atom. The number of aryl methyl sites for hydroxylation is 2. The molecular formula is C28H39N5O4S. The number of amides is 1. The second-order valence-electron chi connectivity index (χ2n) is 11.6. The van der Waals surface area contributed by atoms with Crippen molar-refractivity contribution in [3.8, 4) is 0 Å². The first-order valence-corrected chi connectivity index (χ1v) is 15.4. The van der Waals surface area contributed by atoms with E-state index >= 15 is 0 Å². The van der Waals surface area contributed by atoms with Gasteiger partial charge in [0.1, 0.15) is 5.82 Å². The van der Waals surface area contributed by atoms with Crippen LogP contribution in [0.5, 0.6) is 0 Å². The van der Waals surface area contributed by atoms with E-state index < -0.39 is 10.0 Å². The number of nitrogens with zero attached hydrogens (tertiary/aromatic N) is 5. The number of sulfonamides is 1. The number of fused-ring (bicyclic) bond motifs is 4. The van der Waals surface area contributed by atoms with Crippen LogP contribution >= 0.6 is 0 Å². The van der Waals surface area contributed by atoms with E-state index in [4.69, 9.17) is 4.74 Å². The number of benzene rings is 1. The van der Waals surface area contributed by atoms with Crippen LogP contribution in [-0.2, 0) is 33.8 Å². The topological polar surface area (TPSA) is 88.0 Å². The van der Waals surface area contributed by atoms with Gasteiger partial charge >= 0.3 is 6.09 Å². The fourth-order valence-corrected chi connectivity index (χ4v) is 9.01. The maximum atomic E-state index is 13.7. The summed E-state index contributed by atoms with van der Waals surface area (Å²) in [6, 6.07) is 9.39. The molecule has 9 nitrogen and oxygen atoms in total. The summed E-state index contributed by atoms with van der Waals surface area (Å²) in [6.45, 7) is 6.86. The fourth-order valence-electron chi connectivity index (χ4n) is 7.48. The van der Waals surface area contributed by atoms with Crippen molar-refractivity contribution in [2.24, 2.45) is 7.05 Å². The molecule has 0 aliphatic carbocycles. The number of likely N-dealkylation sites (tertiary alicyclic amines) is 1. The van der Waals surface area contributed by atoms with Crippen LogP contribution in [0.15, 0.2) is 35.5 Å². The zero-order valence-electron chi connectivity index (χ0n) is 22.7. The van der Waals surface area contributed by atoms with Crippen LogP contribution in [0.2, 0.25) is 0 Å². The van der Waals surface area contributed by atoms with E-state index in [0.717, 1.165) is 57.2 Å². The molecule has 4 aliphatic rings. The average Bonchev–Trinajstić information content (AvgIpc) is 3.39. The molecule has 1 spiro atoms. The third-order valence-electron chi connectivity index (χ3n) is 9.56. The lowest BCUT2D eigenvalue weighted by Crippen LogP contribution is -2.57. The highest BCUT2D eigenvalue weighted by Gasteiger charge is 2.49. The Balaban J connectivity index is 1.20. The Hall–Kier alpha value is -2.43. The number of carbonyl (C=O) groups excluding carboxylic acids is 1. The summed E-state index contributed by atoms with van der Waals surface area (Å²) in [6.07, 6.45) is 7.43. The van der Waals surface area contributed by atoms with Crippen LogP contribution in [0.3, 0.4) is 0 Å². The van der Waals surface area contributed by atoms with Crippen molar-refractivity contribution in [2.75, 3.05) is 26.2 Å². The molecule has 0 N–H and O–H groups in total. The summed E-state index contributed by atoms with van der Waals surface area (Å²) in [5.41, 5.74) is 2.21. The van der Waals surface area contributed by atoms with Crippen LogP contribution < -0.4 is 0 Å². The first-order chi connectivity index (χ1) is 18.2. The van der Waals surface area contributed by atoms with Gasteiger partial charge < -0.3 is 19.1 Å². The van der Waals surface area contributed by atoms with Crippen LogP contribution in [0.1, 0.15) is 62.4 Å². The third kappa shape index (κ3) is 4.25. The molecule has 1 aromatic carbocycles. The van der Waals surface area contributed by atoms with Crippen molar-refractivity contribution in [2.45, 2.75) is 87.5 Å². The Labute approximate surface area is 225 Å². The highest BCUT2D eigenvalue weighted by atomic mass is 32.2. The van der Waals surface area contributed by atoms with Gasteiger partial charge in [0.05, 0.1) is 6.61 Å². The van der Waals surface area contributed by atoms with Gasteiger partial charge in [-0.05, 0) is 76.6 Å². The van der Waals surface area contributed by atoms with Crippen molar-refractivity contribution in [1.82, 2.24) is 23.7 Å². The summed E-state index contributed by atoms with van der Waals surface area (Å²) in [5.74, 6) is 0.687. The van der Waals surface area contributed by atoms with Crippen LogP contribution in [0.4, 0.5) is 4.79 Å². The van der Waals surface area contributed by atoms with Crippen molar-refractivity contribution in [1.29, 1.82) is 0 Å². The van der Waals surface area contributed by atoms with Gasteiger partial charge in [-0.1, -0.05) is 24.3 Å². The SMILES string of the molecule is CCOC(=O)N1C2CCC1CC(N1CCC3(CC1)CN(S(=O)(=O)c1cn(C)c(C)n1)Cc1ccccc13)C2. The summed E-state index contributed by atoms with van der Waals surface area (Å²) in [4.78, 5) is 21.5. The molecule has 2 unspecified atom stereocenters. The standard InChI is InChI=1S/C28H39N5O4S/c1-4-37-27(34)33-22-9-10-23(33)16-24(15-22)31-13-11-28(12-14-31)19-32(17-21-7-5-6-8-25(21)28)38(35,36)26-18-30(3)20(2)29-26/h5-8,18,22-24H,4,9-17,19H2,1-3H3. The average molecular weight is 542 g/mol. The Morgan fingerprint density at radius 2 is 1.79 bits per heavy atom. The fraction of sp³-hybridized carbons (Fsp3) is 0.643. The van der Waals surface area contributed by atoms with Crippen LogP contribution in [0, 0.1) is 6.92 Å². The molecule has 206 valence electrons. The molecule has 2 atom stereocenters. The van der Waals surface area contributed by atoms with E-state index in [1.165, 1.54) is 5.56 Å². The number of rotatable bonds is 4. The predicted octanol–water partition coefficient (Wildman–Crippen LogP) is 3.42. The van der Waals surface area contributed by atoms with Gasteiger partial charge in [0.2, 0.25) is 0 Å². The van der Waals surface area contributed by atoms with Crippen molar-refractivity contribution in [3.05, 3.63) is 47.4 Å². The minimum absolute atomic E-state index is 0.133. The number of aromatic nitrogens is 2. The first-order valence-electron chi connectivity index (χ1n) is 14.0. The van der Waals surface area contributed by atoms with Gasteiger partial charge in [-0.3, -0.25) is 0 Å². The number of piperidine rings is 2. The van der Waals surface area contributed by atoms with Gasteiger partial charge in [-0.2, -0.15) is 4.31 Å². The van der Waals surface area contributed by atoms with E-state index in [1.54, 1.807) is 15.1 Å². The summed E-state index contributed by atoms with van der Waals surface area (Å²) in [7, 11) is -1.88. The molecule has 3 fully saturated rings. The highest BCUT2D eigenvalue weighted by Crippen LogP contribution is 2.45. The molecule has 1 aromatic heterocycles. The highest BCUT2D eigenvalue weighted by molar-refractivity contribution is 7.89. The Kier molecular flexibility index (Phi) is 6.55. The van der Waals surface area contributed by atoms with Gasteiger partial charge in [0.25, 0.3) is 10.0 Å². The van der Waals surface area contributed by atoms with Crippen molar-refractivity contribution < 1.29 is 17.9 Å². The summed E-state index contributed by atoms with van der Waals surface area (Å²) < 4.78 is 36.2. The third-order valence-corrected chi connectivity index (χ3v) is 11.2. The van der Waals surface area contributed by atoms with Gasteiger partial charge in [0, 0.05) is 49.9 Å². The maximum Gasteiger partial charge on any atom is 0.410 e. The molecule has 2 bridgehead atoms. The molecule has 6 rings (SSSR count). The second-order valence-corrected chi connectivity index (χ2v) is 13.5. The normalized spacial score (nSPS) is 27.4. The molecule has 2 aromatic rings. The molecule has 0 saturated carbocycles. The van der Waals surface area contributed by atoms with Gasteiger partial charge in [-0.25, -0.2) is 18.2 Å². The molecule has 1 amide bonds. The molecule has 10 heteroatoms. The number of ether oxygens (including phenoxy) is 1. The minimum Gasteiger partial charge on any atom is -0.450 e. The van der Waals surface area contributed by atoms with Crippen LogP contribution in [0.25, 0.3) is 0 Å². The van der Waals surface area contributed by atoms with E-state index in [-0.39, 0.29) is 28.6 Å². The number of imidazole rings is 1. The van der Waals surface area contributed by atoms with Crippen molar-refractivity contribution >= 4 is 16.1 Å². The minimum atomic E-state index is -3.70. The lowest BCUT2D eigenvalue weighted by Gasteiger charge is -2.51. The first kappa shape index (κ1) is 25.8. The molecule has 5 heterocycles. The predicted molar refractivity (Wildman–Crippen MR) is 143 cm³/mol. The van der Waals surface area contributed by atoms with Gasteiger partial charge in [0.15, 0.2) is 5.03 Å². The number of hydrogen-bond donors (Lipinski definition) is 0. The Bertz CT molecular complexity index is 1280. The number of hydrogen-bond acceptors (Lipinski definition) is 6. The molecule has 4 aliphatic heterocycles.